The molecule has 0 unspecified atom stereocenters. The smallest absolute Gasteiger partial charge is 0.256 e. The lowest BCUT2D eigenvalue weighted by Gasteiger charge is -2.32. The fourth-order valence-electron chi connectivity index (χ4n) is 3.34. The zero-order valence-electron chi connectivity index (χ0n) is 14.4. The highest BCUT2D eigenvalue weighted by Gasteiger charge is 2.27. The summed E-state index contributed by atoms with van der Waals surface area (Å²) < 4.78 is 14.2. The average molecular weight is 340 g/mol. The van der Waals surface area contributed by atoms with E-state index in [2.05, 4.69) is 17.4 Å². The van der Waals surface area contributed by atoms with Crippen molar-refractivity contribution < 1.29 is 14.0 Å². The third-order valence-corrected chi connectivity index (χ3v) is 4.71. The summed E-state index contributed by atoms with van der Waals surface area (Å²) in [6, 6.07) is 12.3. The molecule has 4 nitrogen and oxygen atoms in total. The molecule has 1 atom stereocenters. The van der Waals surface area contributed by atoms with E-state index in [1.165, 1.54) is 36.2 Å². The first-order chi connectivity index (χ1) is 12.0. The number of anilines is 1. The molecule has 2 amide bonds. The van der Waals surface area contributed by atoms with Gasteiger partial charge in [0.25, 0.3) is 5.91 Å². The molecule has 3 rings (SSSR count). The predicted molar refractivity (Wildman–Crippen MR) is 95.1 cm³/mol. The fourth-order valence-corrected chi connectivity index (χ4v) is 3.34. The van der Waals surface area contributed by atoms with Crippen LogP contribution in [0.5, 0.6) is 0 Å². The third kappa shape index (κ3) is 3.71. The molecule has 0 aliphatic heterocycles. The first-order valence-electron chi connectivity index (χ1n) is 8.37. The lowest BCUT2D eigenvalue weighted by molar-refractivity contribution is -0.114. The highest BCUT2D eigenvalue weighted by atomic mass is 19.1. The quantitative estimate of drug-likeness (QED) is 0.931. The van der Waals surface area contributed by atoms with Crippen molar-refractivity contribution in [1.82, 2.24) is 4.90 Å². The lowest BCUT2D eigenvalue weighted by Crippen LogP contribution is -2.41. The molecule has 1 aliphatic rings. The van der Waals surface area contributed by atoms with Crippen molar-refractivity contribution in [2.45, 2.75) is 32.2 Å². The summed E-state index contributed by atoms with van der Waals surface area (Å²) in [6.45, 7) is 1.37. The second-order valence-electron chi connectivity index (χ2n) is 6.46. The minimum absolute atomic E-state index is 0.0207. The summed E-state index contributed by atoms with van der Waals surface area (Å²) >= 11 is 0. The number of carbonyl (C=O) groups is 2. The first-order valence-corrected chi connectivity index (χ1v) is 8.37. The van der Waals surface area contributed by atoms with Crippen molar-refractivity contribution in [3.05, 3.63) is 65.0 Å². The maximum atomic E-state index is 14.2. The zero-order chi connectivity index (χ0) is 18.0. The van der Waals surface area contributed by atoms with Gasteiger partial charge in [-0.05, 0) is 48.6 Å². The van der Waals surface area contributed by atoms with Crippen molar-refractivity contribution in [1.29, 1.82) is 0 Å². The van der Waals surface area contributed by atoms with Gasteiger partial charge >= 0.3 is 0 Å². The molecule has 0 radical (unpaired) electrons. The third-order valence-electron chi connectivity index (χ3n) is 4.71. The van der Waals surface area contributed by atoms with Crippen LogP contribution >= 0.6 is 0 Å². The number of likely N-dealkylation sites (N-methyl/N-ethyl adjacent to an activating group) is 1. The molecule has 1 aliphatic carbocycles. The fraction of sp³-hybridized carbons (Fsp3) is 0.300. The van der Waals surface area contributed by atoms with E-state index in [9.17, 15) is 14.0 Å². The molecule has 2 aromatic carbocycles. The first kappa shape index (κ1) is 17.1. The Balaban J connectivity index is 1.80. The van der Waals surface area contributed by atoms with Gasteiger partial charge in [-0.1, -0.05) is 24.3 Å². The van der Waals surface area contributed by atoms with Gasteiger partial charge in [0.2, 0.25) is 5.91 Å². The van der Waals surface area contributed by atoms with Crippen molar-refractivity contribution in [2.24, 2.45) is 0 Å². The number of amides is 2. The largest absolute Gasteiger partial charge is 0.338 e. The number of halogens is 1. The average Bonchev–Trinajstić information content (AvgIpc) is 2.61. The predicted octanol–water partition coefficient (Wildman–Crippen LogP) is 3.41. The minimum Gasteiger partial charge on any atom is -0.338 e. The topological polar surface area (TPSA) is 49.4 Å². The summed E-state index contributed by atoms with van der Waals surface area (Å²) in [5.74, 6) is -1.21. The SMILES string of the molecule is CC(=O)Nc1ccc(F)c(C(=O)N(C)[C@H]2CCc3ccccc3C2)c1. The van der Waals surface area contributed by atoms with E-state index in [-0.39, 0.29) is 23.4 Å². The van der Waals surface area contributed by atoms with Crippen LogP contribution < -0.4 is 5.32 Å². The summed E-state index contributed by atoms with van der Waals surface area (Å²) in [5.41, 5.74) is 2.96. The van der Waals surface area contributed by atoms with Crippen LogP contribution in [0.15, 0.2) is 42.5 Å². The van der Waals surface area contributed by atoms with E-state index in [4.69, 9.17) is 0 Å². The second kappa shape index (κ2) is 7.05. The molecule has 0 aromatic heterocycles. The van der Waals surface area contributed by atoms with Crippen LogP contribution in [0.3, 0.4) is 0 Å². The summed E-state index contributed by atoms with van der Waals surface area (Å²) in [4.78, 5) is 25.6. The Morgan fingerprint density at radius 2 is 1.88 bits per heavy atom. The van der Waals surface area contributed by atoms with Crippen LogP contribution in [-0.2, 0) is 17.6 Å². The molecule has 0 heterocycles. The Labute approximate surface area is 146 Å². The molecule has 0 saturated heterocycles. The van der Waals surface area contributed by atoms with Crippen molar-refractivity contribution in [2.75, 3.05) is 12.4 Å². The van der Waals surface area contributed by atoms with E-state index in [0.717, 1.165) is 19.3 Å². The number of nitrogens with one attached hydrogen (secondary N) is 1. The molecule has 0 spiro atoms. The second-order valence-corrected chi connectivity index (χ2v) is 6.46. The summed E-state index contributed by atoms with van der Waals surface area (Å²) in [5, 5.41) is 2.58. The molecule has 0 fully saturated rings. The van der Waals surface area contributed by atoms with E-state index in [1.54, 1.807) is 11.9 Å². The molecule has 0 saturated carbocycles. The van der Waals surface area contributed by atoms with E-state index < -0.39 is 5.82 Å². The van der Waals surface area contributed by atoms with Crippen LogP contribution in [0, 0.1) is 5.82 Å². The van der Waals surface area contributed by atoms with Crippen LogP contribution in [0.25, 0.3) is 0 Å². The molecule has 5 heteroatoms. The van der Waals surface area contributed by atoms with Gasteiger partial charge in [0, 0.05) is 25.7 Å². The van der Waals surface area contributed by atoms with Crippen LogP contribution in [0.4, 0.5) is 10.1 Å². The monoisotopic (exact) mass is 340 g/mol. The normalized spacial score (nSPS) is 16.0. The maximum absolute atomic E-state index is 14.2. The van der Waals surface area contributed by atoms with Crippen molar-refractivity contribution >= 4 is 17.5 Å². The highest BCUT2D eigenvalue weighted by Crippen LogP contribution is 2.25. The van der Waals surface area contributed by atoms with Gasteiger partial charge in [0.1, 0.15) is 5.82 Å². The van der Waals surface area contributed by atoms with Gasteiger partial charge in [-0.25, -0.2) is 4.39 Å². The molecular weight excluding hydrogens is 319 g/mol. The minimum atomic E-state index is -0.581. The molecule has 130 valence electrons. The Morgan fingerprint density at radius 1 is 1.16 bits per heavy atom. The number of hydrogen-bond acceptors (Lipinski definition) is 2. The lowest BCUT2D eigenvalue weighted by atomic mass is 9.87. The maximum Gasteiger partial charge on any atom is 0.256 e. The van der Waals surface area contributed by atoms with Gasteiger partial charge in [-0.3, -0.25) is 9.59 Å². The zero-order valence-corrected chi connectivity index (χ0v) is 14.4. The summed E-state index contributed by atoms with van der Waals surface area (Å²) in [6.07, 6.45) is 2.53. The van der Waals surface area contributed by atoms with Gasteiger partial charge in [0.15, 0.2) is 0 Å². The Bertz CT molecular complexity index is 819. The number of carbonyl (C=O) groups excluding carboxylic acids is 2. The Hall–Kier alpha value is -2.69. The molecule has 0 bridgehead atoms. The van der Waals surface area contributed by atoms with Crippen LogP contribution in [0.2, 0.25) is 0 Å². The van der Waals surface area contributed by atoms with E-state index in [1.807, 2.05) is 12.1 Å². The number of aryl methyl sites for hydroxylation is 1. The Kier molecular flexibility index (Phi) is 4.83. The Morgan fingerprint density at radius 3 is 2.60 bits per heavy atom. The molecule has 2 aromatic rings. The van der Waals surface area contributed by atoms with Gasteiger partial charge in [-0.15, -0.1) is 0 Å². The standard InChI is InChI=1S/C20H21FN2O2/c1-13(24)22-16-8-10-19(21)18(12-16)20(25)23(2)17-9-7-14-5-3-4-6-15(14)11-17/h3-6,8,10,12,17H,7,9,11H2,1-2H3,(H,22,24)/t17-/m0/s1. The van der Waals surface area contributed by atoms with Crippen molar-refractivity contribution in [3.8, 4) is 0 Å². The number of nitrogens with zero attached hydrogens (tertiary/aromatic N) is 1. The van der Waals surface area contributed by atoms with E-state index in [0.29, 0.717) is 5.69 Å². The number of fused-ring (bicyclic) bond motifs is 1. The molecule has 25 heavy (non-hydrogen) atoms. The number of benzene rings is 2. The van der Waals surface area contributed by atoms with E-state index >= 15 is 0 Å². The van der Waals surface area contributed by atoms with Crippen LogP contribution in [0.1, 0.15) is 34.8 Å². The van der Waals surface area contributed by atoms with Gasteiger partial charge in [-0.2, -0.15) is 0 Å². The summed E-state index contributed by atoms with van der Waals surface area (Å²) in [7, 11) is 1.71. The van der Waals surface area contributed by atoms with Gasteiger partial charge < -0.3 is 10.2 Å². The highest BCUT2D eigenvalue weighted by molar-refractivity contribution is 5.97. The molecular formula is C20H21FN2O2. The van der Waals surface area contributed by atoms with Crippen LogP contribution in [-0.4, -0.2) is 29.8 Å². The van der Waals surface area contributed by atoms with Gasteiger partial charge in [0.05, 0.1) is 5.56 Å². The number of rotatable bonds is 3. The number of hydrogen-bond donors (Lipinski definition) is 1. The van der Waals surface area contributed by atoms with Crippen molar-refractivity contribution in [3.63, 3.8) is 0 Å². The molecule has 1 N–H and O–H groups in total.